The summed E-state index contributed by atoms with van der Waals surface area (Å²) in [5, 5.41) is 2.61. The fraction of sp³-hybridized carbons (Fsp3) is 0.381. The fourth-order valence-electron chi connectivity index (χ4n) is 3.68. The molecular formula is C21H21F3N2O5S. The number of ether oxygens (including phenoxy) is 2. The molecule has 2 heterocycles. The van der Waals surface area contributed by atoms with Crippen LogP contribution in [0.3, 0.4) is 0 Å². The van der Waals surface area contributed by atoms with E-state index in [1.165, 1.54) is 28.6 Å². The summed E-state index contributed by atoms with van der Waals surface area (Å²) in [7, 11) is -3.76. The quantitative estimate of drug-likeness (QED) is 0.739. The van der Waals surface area contributed by atoms with Crippen LogP contribution in [-0.2, 0) is 21.0 Å². The summed E-state index contributed by atoms with van der Waals surface area (Å²) in [5.74, 6) is 0.0853. The van der Waals surface area contributed by atoms with Crippen LogP contribution in [0.25, 0.3) is 0 Å². The maximum Gasteiger partial charge on any atom is 0.416 e. The highest BCUT2D eigenvalue weighted by Crippen LogP contribution is 2.34. The first kappa shape index (κ1) is 22.4. The molecule has 0 bridgehead atoms. The molecule has 0 spiro atoms. The first-order valence-electron chi connectivity index (χ1n) is 10.0. The van der Waals surface area contributed by atoms with Crippen molar-refractivity contribution in [3.05, 3.63) is 48.0 Å². The van der Waals surface area contributed by atoms with E-state index in [1.807, 2.05) is 0 Å². The molecule has 2 aromatic rings. The predicted molar refractivity (Wildman–Crippen MR) is 109 cm³/mol. The minimum Gasteiger partial charge on any atom is -0.486 e. The van der Waals surface area contributed by atoms with E-state index in [1.54, 1.807) is 6.07 Å². The highest BCUT2D eigenvalue weighted by atomic mass is 32.2. The van der Waals surface area contributed by atoms with Gasteiger partial charge in [-0.05, 0) is 49.2 Å². The third-order valence-corrected chi connectivity index (χ3v) is 7.35. The maximum atomic E-state index is 13.0. The standard InChI is InChI=1S/C21H21F3N2O5S/c22-21(23,24)15-1-3-16(4-2-15)25-20(27)14-7-9-26(10-8-14)32(28,29)17-5-6-18-19(13-17)31-12-11-30-18/h1-6,13-14H,7-12H2,(H,25,27). The number of rotatable bonds is 4. The molecule has 7 nitrogen and oxygen atoms in total. The Hall–Kier alpha value is -2.79. The number of fused-ring (bicyclic) bond motifs is 1. The normalized spacial score (nSPS) is 17.7. The average Bonchev–Trinajstić information content (AvgIpc) is 2.78. The van der Waals surface area contributed by atoms with Gasteiger partial charge in [0.1, 0.15) is 13.2 Å². The molecule has 172 valence electrons. The molecule has 0 atom stereocenters. The van der Waals surface area contributed by atoms with E-state index in [2.05, 4.69) is 5.32 Å². The summed E-state index contributed by atoms with van der Waals surface area (Å²) in [6, 6.07) is 8.66. The predicted octanol–water partition coefficient (Wildman–Crippen LogP) is 3.52. The van der Waals surface area contributed by atoms with Crippen molar-refractivity contribution < 1.29 is 35.9 Å². The third-order valence-electron chi connectivity index (χ3n) is 5.46. The third kappa shape index (κ3) is 4.68. The van der Waals surface area contributed by atoms with Gasteiger partial charge in [-0.1, -0.05) is 0 Å². The van der Waals surface area contributed by atoms with Crippen molar-refractivity contribution in [2.24, 2.45) is 5.92 Å². The Bertz CT molecular complexity index is 1100. The van der Waals surface area contributed by atoms with Gasteiger partial charge in [0.15, 0.2) is 11.5 Å². The lowest BCUT2D eigenvalue weighted by molar-refractivity contribution is -0.137. The summed E-state index contributed by atoms with van der Waals surface area (Å²) in [6.45, 7) is 1.06. The lowest BCUT2D eigenvalue weighted by atomic mass is 9.97. The Morgan fingerprint density at radius 2 is 1.59 bits per heavy atom. The lowest BCUT2D eigenvalue weighted by Gasteiger charge is -2.31. The first-order chi connectivity index (χ1) is 15.1. The van der Waals surface area contributed by atoms with E-state index in [0.29, 0.717) is 37.6 Å². The molecule has 1 amide bonds. The van der Waals surface area contributed by atoms with E-state index in [4.69, 9.17) is 9.47 Å². The number of halogens is 3. The van der Waals surface area contributed by atoms with Crippen LogP contribution in [0.2, 0.25) is 0 Å². The van der Waals surface area contributed by atoms with Crippen molar-refractivity contribution >= 4 is 21.6 Å². The van der Waals surface area contributed by atoms with E-state index in [0.717, 1.165) is 12.1 Å². The molecule has 0 radical (unpaired) electrons. The molecule has 11 heteroatoms. The zero-order valence-corrected chi connectivity index (χ0v) is 17.7. The molecule has 0 unspecified atom stereocenters. The zero-order valence-electron chi connectivity index (χ0n) is 16.9. The molecule has 1 saturated heterocycles. The molecule has 1 fully saturated rings. The van der Waals surface area contributed by atoms with Gasteiger partial charge in [-0.25, -0.2) is 8.42 Å². The van der Waals surface area contributed by atoms with E-state index in [9.17, 15) is 26.4 Å². The number of carbonyl (C=O) groups is 1. The summed E-state index contributed by atoms with van der Waals surface area (Å²) in [4.78, 5) is 12.6. The molecule has 1 N–H and O–H groups in total. The minimum absolute atomic E-state index is 0.0920. The van der Waals surface area contributed by atoms with Crippen LogP contribution in [0.5, 0.6) is 11.5 Å². The van der Waals surface area contributed by atoms with Crippen LogP contribution in [0.1, 0.15) is 18.4 Å². The van der Waals surface area contributed by atoms with Crippen molar-refractivity contribution in [3.8, 4) is 11.5 Å². The number of sulfonamides is 1. The number of hydrogen-bond acceptors (Lipinski definition) is 5. The Morgan fingerprint density at radius 1 is 0.969 bits per heavy atom. The van der Waals surface area contributed by atoms with Gasteiger partial charge in [-0.2, -0.15) is 17.5 Å². The van der Waals surface area contributed by atoms with Gasteiger partial charge in [0.25, 0.3) is 0 Å². The van der Waals surface area contributed by atoms with Crippen LogP contribution in [0.15, 0.2) is 47.4 Å². The molecule has 2 aliphatic rings. The topological polar surface area (TPSA) is 84.9 Å². The number of amides is 1. The smallest absolute Gasteiger partial charge is 0.416 e. The van der Waals surface area contributed by atoms with Gasteiger partial charge in [-0.15, -0.1) is 0 Å². The Morgan fingerprint density at radius 3 is 2.22 bits per heavy atom. The first-order valence-corrected chi connectivity index (χ1v) is 11.5. The molecule has 2 aliphatic heterocycles. The van der Waals surface area contributed by atoms with Crippen LogP contribution < -0.4 is 14.8 Å². The summed E-state index contributed by atoms with van der Waals surface area (Å²) < 4.78 is 76.1. The van der Waals surface area contributed by atoms with Gasteiger partial charge in [-0.3, -0.25) is 4.79 Å². The SMILES string of the molecule is O=C(Nc1ccc(C(F)(F)F)cc1)C1CCN(S(=O)(=O)c2ccc3c(c2)OCCO3)CC1. The van der Waals surface area contributed by atoms with Crippen molar-refractivity contribution in [1.82, 2.24) is 4.31 Å². The number of hydrogen-bond donors (Lipinski definition) is 1. The summed E-state index contributed by atoms with van der Waals surface area (Å²) >= 11 is 0. The number of carbonyl (C=O) groups excluding carboxylic acids is 1. The monoisotopic (exact) mass is 470 g/mol. The molecule has 0 aliphatic carbocycles. The van der Waals surface area contributed by atoms with Crippen LogP contribution in [0, 0.1) is 5.92 Å². The Kier molecular flexibility index (Phi) is 6.04. The summed E-state index contributed by atoms with van der Waals surface area (Å²) in [6.07, 6.45) is -3.84. The molecule has 4 rings (SSSR count). The second-order valence-electron chi connectivity index (χ2n) is 7.55. The van der Waals surface area contributed by atoms with Crippen LogP contribution in [0.4, 0.5) is 18.9 Å². The highest BCUT2D eigenvalue weighted by molar-refractivity contribution is 7.89. The number of anilines is 1. The lowest BCUT2D eigenvalue weighted by Crippen LogP contribution is -2.41. The number of piperidine rings is 1. The molecule has 32 heavy (non-hydrogen) atoms. The number of alkyl halides is 3. The molecule has 0 aromatic heterocycles. The van der Waals surface area contributed by atoms with Gasteiger partial charge >= 0.3 is 6.18 Å². The Balaban J connectivity index is 1.36. The molecular weight excluding hydrogens is 449 g/mol. The van der Waals surface area contributed by atoms with E-state index in [-0.39, 0.29) is 29.6 Å². The van der Waals surface area contributed by atoms with Gasteiger partial charge in [0, 0.05) is 30.8 Å². The summed E-state index contributed by atoms with van der Waals surface area (Å²) in [5.41, 5.74) is -0.539. The second-order valence-corrected chi connectivity index (χ2v) is 9.49. The largest absolute Gasteiger partial charge is 0.486 e. The number of nitrogens with one attached hydrogen (secondary N) is 1. The van der Waals surface area contributed by atoms with E-state index < -0.39 is 27.7 Å². The van der Waals surface area contributed by atoms with E-state index >= 15 is 0 Å². The van der Waals surface area contributed by atoms with Gasteiger partial charge in [0.05, 0.1) is 10.5 Å². The molecule has 0 saturated carbocycles. The zero-order chi connectivity index (χ0) is 22.9. The maximum absolute atomic E-state index is 13.0. The fourth-order valence-corrected chi connectivity index (χ4v) is 5.16. The second kappa shape index (κ2) is 8.62. The van der Waals surface area contributed by atoms with Crippen LogP contribution in [-0.4, -0.2) is 44.9 Å². The average molecular weight is 470 g/mol. The van der Waals surface area contributed by atoms with Gasteiger partial charge < -0.3 is 14.8 Å². The van der Waals surface area contributed by atoms with Crippen LogP contribution >= 0.6 is 0 Å². The molecule has 2 aromatic carbocycles. The minimum atomic E-state index is -4.45. The Labute approximate surface area is 183 Å². The van der Waals surface area contributed by atoms with Crippen molar-refractivity contribution in [2.45, 2.75) is 23.9 Å². The van der Waals surface area contributed by atoms with Gasteiger partial charge in [0.2, 0.25) is 15.9 Å². The van der Waals surface area contributed by atoms with Crippen molar-refractivity contribution in [2.75, 3.05) is 31.6 Å². The van der Waals surface area contributed by atoms with Crippen molar-refractivity contribution in [3.63, 3.8) is 0 Å². The number of nitrogens with zero attached hydrogens (tertiary/aromatic N) is 1. The van der Waals surface area contributed by atoms with Crippen molar-refractivity contribution in [1.29, 1.82) is 0 Å². The number of benzene rings is 2. The highest BCUT2D eigenvalue weighted by Gasteiger charge is 2.33.